The highest BCUT2D eigenvalue weighted by molar-refractivity contribution is 6.51. The third-order valence-corrected chi connectivity index (χ3v) is 6.23. The number of ketones is 1. The van der Waals surface area contributed by atoms with Gasteiger partial charge in [0, 0.05) is 5.69 Å². The number of rotatable bonds is 4. The molecule has 0 aromatic heterocycles. The van der Waals surface area contributed by atoms with Gasteiger partial charge in [-0.25, -0.2) is 4.39 Å². The predicted octanol–water partition coefficient (Wildman–Crippen LogP) is 5.63. The lowest BCUT2D eigenvalue weighted by Gasteiger charge is -2.26. The molecule has 1 aliphatic heterocycles. The number of hydrogen-bond donors (Lipinski definition) is 1. The minimum Gasteiger partial charge on any atom is -0.507 e. The lowest BCUT2D eigenvalue weighted by atomic mass is 9.85. The molecule has 1 N–H and O–H groups in total. The highest BCUT2D eigenvalue weighted by Gasteiger charge is 2.47. The molecule has 36 heavy (non-hydrogen) atoms. The van der Waals surface area contributed by atoms with Gasteiger partial charge in [0.15, 0.2) is 0 Å². The van der Waals surface area contributed by atoms with Crippen LogP contribution in [-0.2, 0) is 15.0 Å². The van der Waals surface area contributed by atoms with Crippen LogP contribution in [0.25, 0.3) is 5.76 Å². The van der Waals surface area contributed by atoms with Crippen molar-refractivity contribution >= 4 is 23.1 Å². The molecule has 0 spiro atoms. The number of nitriles is 1. The summed E-state index contributed by atoms with van der Waals surface area (Å²) in [7, 11) is 1.36. The molecule has 1 amide bonds. The summed E-state index contributed by atoms with van der Waals surface area (Å²) in [6, 6.07) is 18.3. The van der Waals surface area contributed by atoms with Crippen molar-refractivity contribution in [3.05, 3.63) is 100 Å². The van der Waals surface area contributed by atoms with Gasteiger partial charge in [-0.2, -0.15) is 5.26 Å². The van der Waals surface area contributed by atoms with E-state index in [-0.39, 0.29) is 22.3 Å². The van der Waals surface area contributed by atoms with Gasteiger partial charge in [-0.15, -0.1) is 0 Å². The second-order valence-electron chi connectivity index (χ2n) is 9.54. The lowest BCUT2D eigenvalue weighted by molar-refractivity contribution is -0.132. The molecule has 0 aliphatic carbocycles. The Bertz CT molecular complexity index is 1410. The maximum atomic E-state index is 14.1. The van der Waals surface area contributed by atoms with Crippen LogP contribution >= 0.6 is 0 Å². The molecule has 3 aromatic rings. The minimum absolute atomic E-state index is 0.0355. The van der Waals surface area contributed by atoms with Gasteiger partial charge in [-0.05, 0) is 59.0 Å². The van der Waals surface area contributed by atoms with Crippen molar-refractivity contribution in [2.45, 2.75) is 32.2 Å². The van der Waals surface area contributed by atoms with Crippen LogP contribution in [-0.4, -0.2) is 23.9 Å². The Kier molecular flexibility index (Phi) is 6.38. The average molecular weight is 485 g/mol. The number of carbonyl (C=O) groups is 2. The minimum atomic E-state index is -0.986. The normalized spacial score (nSPS) is 17.2. The summed E-state index contributed by atoms with van der Waals surface area (Å²) < 4.78 is 19.4. The van der Waals surface area contributed by atoms with Gasteiger partial charge in [0.1, 0.15) is 17.3 Å². The van der Waals surface area contributed by atoms with E-state index in [1.807, 2.05) is 30.3 Å². The summed E-state index contributed by atoms with van der Waals surface area (Å²) in [5, 5.41) is 20.5. The average Bonchev–Trinajstić information content (AvgIpc) is 3.13. The number of carbonyl (C=O) groups excluding carboxylic acids is 2. The summed E-state index contributed by atoms with van der Waals surface area (Å²) in [5.74, 6) is -2.77. The van der Waals surface area contributed by atoms with Crippen LogP contribution in [0.5, 0.6) is 5.75 Å². The van der Waals surface area contributed by atoms with Gasteiger partial charge >= 0.3 is 0 Å². The number of aliphatic hydroxyl groups is 1. The summed E-state index contributed by atoms with van der Waals surface area (Å²) in [6.45, 7) is 6.21. The summed E-state index contributed by atoms with van der Waals surface area (Å²) in [4.78, 5) is 27.9. The molecular weight excluding hydrogens is 459 g/mol. The number of ether oxygens (including phenoxy) is 1. The van der Waals surface area contributed by atoms with Crippen molar-refractivity contribution < 1.29 is 23.8 Å². The van der Waals surface area contributed by atoms with Crippen LogP contribution in [0.4, 0.5) is 10.1 Å². The fourth-order valence-electron chi connectivity index (χ4n) is 4.29. The number of Topliss-reactive ketones (excluding diaryl/α,β-unsaturated/α-hetero) is 1. The summed E-state index contributed by atoms with van der Waals surface area (Å²) in [6.07, 6.45) is 0. The molecule has 7 heteroatoms. The molecule has 1 fully saturated rings. The number of amides is 1. The largest absolute Gasteiger partial charge is 0.507 e. The number of benzene rings is 3. The van der Waals surface area contributed by atoms with Crippen LogP contribution in [0.15, 0.2) is 72.3 Å². The number of hydrogen-bond acceptors (Lipinski definition) is 5. The van der Waals surface area contributed by atoms with E-state index in [1.54, 1.807) is 24.3 Å². The van der Waals surface area contributed by atoms with Crippen LogP contribution in [0.1, 0.15) is 49.1 Å². The summed E-state index contributed by atoms with van der Waals surface area (Å²) >= 11 is 0. The van der Waals surface area contributed by atoms with Crippen molar-refractivity contribution in [2.75, 3.05) is 12.0 Å². The Balaban J connectivity index is 1.96. The lowest BCUT2D eigenvalue weighted by Crippen LogP contribution is -2.29. The van der Waals surface area contributed by atoms with E-state index in [2.05, 4.69) is 20.8 Å². The van der Waals surface area contributed by atoms with Crippen LogP contribution in [0.3, 0.4) is 0 Å². The Morgan fingerprint density at radius 1 is 1.03 bits per heavy atom. The molecule has 1 atom stereocenters. The van der Waals surface area contributed by atoms with E-state index in [4.69, 9.17) is 10.00 Å². The van der Waals surface area contributed by atoms with Gasteiger partial charge in [0.2, 0.25) is 0 Å². The zero-order valence-electron chi connectivity index (χ0n) is 20.4. The van der Waals surface area contributed by atoms with Gasteiger partial charge in [-0.3, -0.25) is 14.5 Å². The van der Waals surface area contributed by atoms with Gasteiger partial charge in [-0.1, -0.05) is 45.0 Å². The van der Waals surface area contributed by atoms with Crippen molar-refractivity contribution in [2.24, 2.45) is 0 Å². The van der Waals surface area contributed by atoms with E-state index in [0.717, 1.165) is 11.6 Å². The van der Waals surface area contributed by atoms with Crippen molar-refractivity contribution in [3.63, 3.8) is 0 Å². The fraction of sp³-hybridized carbons (Fsp3) is 0.207. The monoisotopic (exact) mass is 484 g/mol. The Labute approximate surface area is 208 Å². The van der Waals surface area contributed by atoms with E-state index in [9.17, 15) is 19.1 Å². The smallest absolute Gasteiger partial charge is 0.300 e. The molecule has 1 aliphatic rings. The molecule has 1 heterocycles. The maximum absolute atomic E-state index is 14.1. The Hall–Kier alpha value is -4.44. The zero-order chi connectivity index (χ0) is 26.2. The molecule has 0 radical (unpaired) electrons. The maximum Gasteiger partial charge on any atom is 0.300 e. The topological polar surface area (TPSA) is 90.6 Å². The Morgan fingerprint density at radius 3 is 2.22 bits per heavy atom. The van der Waals surface area contributed by atoms with E-state index in [0.29, 0.717) is 16.8 Å². The first-order valence-corrected chi connectivity index (χ1v) is 11.3. The molecule has 3 aromatic carbocycles. The highest BCUT2D eigenvalue weighted by Crippen LogP contribution is 2.43. The van der Waals surface area contributed by atoms with E-state index < -0.39 is 29.3 Å². The second-order valence-corrected chi connectivity index (χ2v) is 9.54. The molecule has 0 bridgehead atoms. The fourth-order valence-corrected chi connectivity index (χ4v) is 4.29. The third-order valence-electron chi connectivity index (χ3n) is 6.23. The molecule has 1 unspecified atom stereocenters. The van der Waals surface area contributed by atoms with E-state index in [1.165, 1.54) is 24.1 Å². The first kappa shape index (κ1) is 24.7. The number of nitrogens with zero attached hydrogens (tertiary/aromatic N) is 2. The van der Waals surface area contributed by atoms with E-state index >= 15 is 0 Å². The Morgan fingerprint density at radius 2 is 1.67 bits per heavy atom. The molecular formula is C29H25FN2O4. The molecule has 6 nitrogen and oxygen atoms in total. The van der Waals surface area contributed by atoms with Crippen molar-refractivity contribution in [3.8, 4) is 11.8 Å². The van der Waals surface area contributed by atoms with Crippen LogP contribution in [0.2, 0.25) is 0 Å². The highest BCUT2D eigenvalue weighted by atomic mass is 19.1. The standard InChI is InChI=1S/C29H25FN2O4/c1-29(2,3)19-9-7-18(8-10-19)25-24(26(33)22-15-20(30)11-14-23(22)36-4)27(34)28(35)32(25)21-12-5-17(16-31)6-13-21/h5-15,25,33H,1-4H3/b26-24+. The molecule has 1 saturated heterocycles. The number of halogens is 1. The van der Waals surface area contributed by atoms with Gasteiger partial charge in [0.05, 0.1) is 35.9 Å². The number of anilines is 1. The van der Waals surface area contributed by atoms with Crippen LogP contribution in [0, 0.1) is 17.1 Å². The quantitative estimate of drug-likeness (QED) is 0.294. The molecule has 182 valence electrons. The van der Waals surface area contributed by atoms with Gasteiger partial charge in [0.25, 0.3) is 11.7 Å². The van der Waals surface area contributed by atoms with Crippen molar-refractivity contribution in [1.82, 2.24) is 0 Å². The number of methoxy groups -OCH3 is 1. The first-order chi connectivity index (χ1) is 17.1. The SMILES string of the molecule is COc1ccc(F)cc1/C(O)=C1\C(=O)C(=O)N(c2ccc(C#N)cc2)C1c1ccc(C(C)(C)C)cc1. The molecule has 4 rings (SSSR count). The predicted molar refractivity (Wildman–Crippen MR) is 134 cm³/mol. The third kappa shape index (κ3) is 4.34. The second kappa shape index (κ2) is 9.31. The van der Waals surface area contributed by atoms with Crippen molar-refractivity contribution in [1.29, 1.82) is 5.26 Å². The summed E-state index contributed by atoms with van der Waals surface area (Å²) in [5.41, 5.74) is 2.07. The molecule has 0 saturated carbocycles. The van der Waals surface area contributed by atoms with Gasteiger partial charge < -0.3 is 9.84 Å². The number of aliphatic hydroxyl groups excluding tert-OH is 1. The zero-order valence-corrected chi connectivity index (χ0v) is 20.4. The van der Waals surface area contributed by atoms with Crippen LogP contribution < -0.4 is 9.64 Å². The first-order valence-electron chi connectivity index (χ1n) is 11.3.